The fraction of sp³-hybridized carbons (Fsp3) is 0.703. The van der Waals surface area contributed by atoms with Crippen molar-refractivity contribution >= 4 is 17.7 Å². The van der Waals surface area contributed by atoms with Crippen molar-refractivity contribution in [3.05, 3.63) is 47.2 Å². The standard InChI is InChI=1S/C37H50O9/c1-9-14-26(39)44-36-20-42-25(36)19-23(10-2)35(8)29(36)31(43-32(40)22-15-12-11-13-16-22)37(41)18-17-24(38)21(3)27(33(37,4)5)28-30(35)46-34(6,7)45-28/h11-13,15-16,21,23,25,29-31,41H,9-10,14,17-20H2,1-8H3/b28-27+/t21?,23-,25+,29-,30+,31-,35+,36-,37+/m0/s1. The summed E-state index contributed by atoms with van der Waals surface area (Å²) in [4.78, 5) is 41.4. The van der Waals surface area contributed by atoms with Gasteiger partial charge in [-0.25, -0.2) is 4.79 Å². The minimum atomic E-state index is -1.76. The van der Waals surface area contributed by atoms with Crippen LogP contribution in [0.15, 0.2) is 41.7 Å². The van der Waals surface area contributed by atoms with Crippen molar-refractivity contribution in [3.8, 4) is 0 Å². The van der Waals surface area contributed by atoms with Crippen molar-refractivity contribution in [3.63, 3.8) is 0 Å². The first-order valence-electron chi connectivity index (χ1n) is 17.0. The Hall–Kier alpha value is -2.75. The predicted molar refractivity (Wildman–Crippen MR) is 168 cm³/mol. The highest BCUT2D eigenvalue weighted by molar-refractivity contribution is 5.89. The molecule has 0 aromatic heterocycles. The van der Waals surface area contributed by atoms with Crippen LogP contribution in [-0.4, -0.2) is 64.7 Å². The summed E-state index contributed by atoms with van der Waals surface area (Å²) in [7, 11) is 0. The van der Waals surface area contributed by atoms with Gasteiger partial charge in [-0.3, -0.25) is 9.59 Å². The summed E-state index contributed by atoms with van der Waals surface area (Å²) in [5.74, 6) is -2.86. The van der Waals surface area contributed by atoms with Gasteiger partial charge in [0.25, 0.3) is 0 Å². The van der Waals surface area contributed by atoms with Gasteiger partial charge in [0.15, 0.2) is 5.60 Å². The minimum Gasteiger partial charge on any atom is -0.465 e. The zero-order valence-electron chi connectivity index (χ0n) is 28.5. The molecule has 252 valence electrons. The molecule has 2 heterocycles. The molecule has 2 saturated heterocycles. The number of Topliss-reactive ketones (excluding diaryl/α,β-unsaturated/α-hetero) is 1. The predicted octanol–water partition coefficient (Wildman–Crippen LogP) is 5.92. The van der Waals surface area contributed by atoms with Crippen LogP contribution >= 0.6 is 0 Å². The van der Waals surface area contributed by atoms with E-state index in [4.69, 9.17) is 23.7 Å². The van der Waals surface area contributed by atoms with E-state index in [1.165, 1.54) is 0 Å². The van der Waals surface area contributed by atoms with Crippen LogP contribution < -0.4 is 0 Å². The van der Waals surface area contributed by atoms with E-state index >= 15 is 0 Å². The molecular weight excluding hydrogens is 588 g/mol. The van der Waals surface area contributed by atoms with Crippen LogP contribution in [0.4, 0.5) is 0 Å². The van der Waals surface area contributed by atoms with E-state index in [1.54, 1.807) is 24.3 Å². The van der Waals surface area contributed by atoms with Gasteiger partial charge in [0.2, 0.25) is 5.79 Å². The smallest absolute Gasteiger partial charge is 0.338 e. The van der Waals surface area contributed by atoms with Crippen molar-refractivity contribution in [2.24, 2.45) is 28.6 Å². The lowest BCUT2D eigenvalue weighted by atomic mass is 9.44. The lowest BCUT2D eigenvalue weighted by Gasteiger charge is -2.68. The van der Waals surface area contributed by atoms with Crippen LogP contribution in [-0.2, 0) is 33.3 Å². The second kappa shape index (κ2) is 11.2. The largest absolute Gasteiger partial charge is 0.465 e. The first-order chi connectivity index (χ1) is 21.6. The number of fused-ring (bicyclic) bond motifs is 7. The summed E-state index contributed by atoms with van der Waals surface area (Å²) in [6, 6.07) is 8.71. The van der Waals surface area contributed by atoms with Gasteiger partial charge in [-0.2, -0.15) is 0 Å². The molecule has 2 saturated carbocycles. The quantitative estimate of drug-likeness (QED) is 0.379. The molecule has 1 N–H and O–H groups in total. The molecule has 5 aliphatic rings. The number of benzene rings is 1. The first kappa shape index (κ1) is 33.2. The molecule has 3 aliphatic carbocycles. The maximum absolute atomic E-state index is 14.1. The van der Waals surface area contributed by atoms with E-state index in [0.29, 0.717) is 29.7 Å². The zero-order chi connectivity index (χ0) is 33.4. The number of carbonyl (C=O) groups excluding carboxylic acids is 3. The molecule has 9 heteroatoms. The molecule has 4 fully saturated rings. The minimum absolute atomic E-state index is 0.0253. The molecule has 0 amide bonds. The highest BCUT2D eigenvalue weighted by Gasteiger charge is 2.77. The molecule has 1 aromatic rings. The Morgan fingerprint density at radius 2 is 1.76 bits per heavy atom. The average Bonchev–Trinajstić information content (AvgIpc) is 3.29. The number of hydrogen-bond donors (Lipinski definition) is 1. The van der Waals surface area contributed by atoms with Gasteiger partial charge in [0, 0.05) is 43.4 Å². The van der Waals surface area contributed by atoms with Crippen molar-refractivity contribution in [2.45, 2.75) is 129 Å². The molecule has 2 aliphatic heterocycles. The van der Waals surface area contributed by atoms with Crippen LogP contribution in [0.3, 0.4) is 0 Å². The highest BCUT2D eigenvalue weighted by atomic mass is 16.7. The number of ether oxygens (including phenoxy) is 5. The summed E-state index contributed by atoms with van der Waals surface area (Å²) in [5, 5.41) is 13.4. The monoisotopic (exact) mass is 638 g/mol. The van der Waals surface area contributed by atoms with Crippen LogP contribution in [0.25, 0.3) is 0 Å². The molecule has 46 heavy (non-hydrogen) atoms. The lowest BCUT2D eigenvalue weighted by molar-refractivity contribution is -0.354. The average molecular weight is 639 g/mol. The lowest BCUT2D eigenvalue weighted by Crippen LogP contribution is -2.79. The Bertz CT molecular complexity index is 1430. The van der Waals surface area contributed by atoms with E-state index in [1.807, 2.05) is 47.6 Å². The van der Waals surface area contributed by atoms with Gasteiger partial charge in [-0.05, 0) is 42.9 Å². The Morgan fingerprint density at radius 1 is 1.07 bits per heavy atom. The van der Waals surface area contributed by atoms with Crippen molar-refractivity contribution in [1.82, 2.24) is 0 Å². The van der Waals surface area contributed by atoms with E-state index in [2.05, 4.69) is 13.8 Å². The summed E-state index contributed by atoms with van der Waals surface area (Å²) in [5.41, 5.74) is -3.95. The number of hydrogen-bond acceptors (Lipinski definition) is 9. The third-order valence-electron chi connectivity index (χ3n) is 12.1. The van der Waals surface area contributed by atoms with Gasteiger partial charge < -0.3 is 28.8 Å². The Morgan fingerprint density at radius 3 is 2.37 bits per heavy atom. The first-order valence-corrected chi connectivity index (χ1v) is 17.0. The second-order valence-corrected chi connectivity index (χ2v) is 15.4. The fourth-order valence-electron chi connectivity index (χ4n) is 9.69. The van der Waals surface area contributed by atoms with Gasteiger partial charge in [0.05, 0.1) is 18.1 Å². The van der Waals surface area contributed by atoms with Crippen molar-refractivity contribution in [1.29, 1.82) is 0 Å². The highest BCUT2D eigenvalue weighted by Crippen LogP contribution is 2.68. The van der Waals surface area contributed by atoms with Crippen LogP contribution in [0.1, 0.15) is 104 Å². The molecule has 1 aromatic carbocycles. The van der Waals surface area contributed by atoms with E-state index in [9.17, 15) is 19.5 Å². The van der Waals surface area contributed by atoms with E-state index in [0.717, 1.165) is 6.42 Å². The third-order valence-corrected chi connectivity index (χ3v) is 12.1. The van der Waals surface area contributed by atoms with Gasteiger partial charge in [-0.1, -0.05) is 66.2 Å². The van der Waals surface area contributed by atoms with Crippen LogP contribution in [0.5, 0.6) is 0 Å². The number of carbonyl (C=O) groups is 3. The fourth-order valence-corrected chi connectivity index (χ4v) is 9.69. The normalized spacial score (nSPS) is 42.1. The number of ketones is 1. The van der Waals surface area contributed by atoms with Crippen LogP contribution in [0.2, 0.25) is 0 Å². The maximum Gasteiger partial charge on any atom is 0.338 e. The molecular formula is C37H50O9. The Kier molecular flexibility index (Phi) is 8.05. The van der Waals surface area contributed by atoms with E-state index < -0.39 is 63.9 Å². The molecule has 2 bridgehead atoms. The molecule has 0 radical (unpaired) electrons. The van der Waals surface area contributed by atoms with Gasteiger partial charge in [-0.15, -0.1) is 0 Å². The Balaban J connectivity index is 1.69. The molecule has 9 nitrogen and oxygen atoms in total. The number of rotatable bonds is 6. The summed E-state index contributed by atoms with van der Waals surface area (Å²) >= 11 is 0. The topological polar surface area (TPSA) is 118 Å². The van der Waals surface area contributed by atoms with Gasteiger partial charge in [0.1, 0.15) is 35.5 Å². The molecule has 6 rings (SSSR count). The number of esters is 2. The molecule has 9 atom stereocenters. The zero-order valence-corrected chi connectivity index (χ0v) is 28.5. The third kappa shape index (κ3) is 4.62. The molecule has 1 unspecified atom stereocenters. The number of aliphatic hydroxyl groups is 1. The summed E-state index contributed by atoms with van der Waals surface area (Å²) in [6.45, 7) is 15.6. The van der Waals surface area contributed by atoms with Crippen LogP contribution in [0, 0.1) is 28.6 Å². The maximum atomic E-state index is 14.1. The Labute approximate surface area is 272 Å². The summed E-state index contributed by atoms with van der Waals surface area (Å²) < 4.78 is 33.0. The van der Waals surface area contributed by atoms with E-state index in [-0.39, 0.29) is 43.5 Å². The SMILES string of the molecule is CCCC(=O)O[C@@]12CO[C@@H]1C[C@H](CC)[C@@]1(C)[C@@H]3OC(C)(C)O/C3=C3\C(C)C(=O)CC[C@@](O)([C@@H](OC(=O)c4ccccc4)[C@H]21)C3(C)C. The summed E-state index contributed by atoms with van der Waals surface area (Å²) in [6.07, 6.45) is -0.0713. The van der Waals surface area contributed by atoms with Gasteiger partial charge >= 0.3 is 11.9 Å². The van der Waals surface area contributed by atoms with Crippen molar-refractivity contribution < 1.29 is 43.2 Å². The molecule has 0 spiro atoms. The van der Waals surface area contributed by atoms with Crippen molar-refractivity contribution in [2.75, 3.05) is 6.61 Å². The second-order valence-electron chi connectivity index (χ2n) is 15.4.